The summed E-state index contributed by atoms with van der Waals surface area (Å²) in [5.41, 5.74) is 1.05. The molecule has 0 bridgehead atoms. The molecule has 2 aliphatic heterocycles. The number of amides is 1. The number of nitrogens with one attached hydrogen (secondary N) is 1. The van der Waals surface area contributed by atoms with Crippen molar-refractivity contribution < 1.29 is 4.79 Å². The van der Waals surface area contributed by atoms with Crippen LogP contribution in [0.5, 0.6) is 0 Å². The van der Waals surface area contributed by atoms with Crippen LogP contribution in [0.3, 0.4) is 0 Å². The van der Waals surface area contributed by atoms with Gasteiger partial charge in [-0.1, -0.05) is 18.2 Å². The maximum Gasteiger partial charge on any atom is 0.227 e. The van der Waals surface area contributed by atoms with Crippen LogP contribution in [0.4, 0.5) is 5.69 Å². The average molecular weight is 244 g/mol. The first-order chi connectivity index (χ1) is 8.84. The van der Waals surface area contributed by atoms with E-state index in [2.05, 4.69) is 5.32 Å². The predicted molar refractivity (Wildman–Crippen MR) is 72.5 cm³/mol. The minimum atomic E-state index is 0.301. The molecule has 1 aromatic rings. The van der Waals surface area contributed by atoms with Crippen LogP contribution >= 0.6 is 0 Å². The van der Waals surface area contributed by atoms with Crippen LogP contribution in [0, 0.1) is 11.8 Å². The van der Waals surface area contributed by atoms with Gasteiger partial charge in [0, 0.05) is 18.7 Å². The van der Waals surface area contributed by atoms with E-state index in [1.807, 2.05) is 35.2 Å². The van der Waals surface area contributed by atoms with Gasteiger partial charge in [0.15, 0.2) is 0 Å². The molecule has 2 atom stereocenters. The standard InChI is InChI=1S/C15H20N2O/c18-15-10-12-6-8-16-11-13(12)7-9-17(15)14-4-2-1-3-5-14/h1-5,12-13,16H,6-11H2. The number of benzene rings is 1. The van der Waals surface area contributed by atoms with Crippen molar-refractivity contribution in [2.75, 3.05) is 24.5 Å². The smallest absolute Gasteiger partial charge is 0.227 e. The lowest BCUT2D eigenvalue weighted by atomic mass is 9.83. The van der Waals surface area contributed by atoms with Crippen LogP contribution in [-0.2, 0) is 4.79 Å². The first-order valence-corrected chi connectivity index (χ1v) is 6.91. The Morgan fingerprint density at radius 2 is 1.94 bits per heavy atom. The van der Waals surface area contributed by atoms with Crippen molar-refractivity contribution in [2.24, 2.45) is 11.8 Å². The second-order valence-electron chi connectivity index (χ2n) is 5.39. The van der Waals surface area contributed by atoms with E-state index < -0.39 is 0 Å². The molecular weight excluding hydrogens is 224 g/mol. The third-order valence-electron chi connectivity index (χ3n) is 4.29. The molecule has 2 saturated heterocycles. The van der Waals surface area contributed by atoms with Crippen LogP contribution in [0.2, 0.25) is 0 Å². The number of piperidine rings is 1. The summed E-state index contributed by atoms with van der Waals surface area (Å²) < 4.78 is 0. The summed E-state index contributed by atoms with van der Waals surface area (Å²) in [4.78, 5) is 14.3. The largest absolute Gasteiger partial charge is 0.316 e. The van der Waals surface area contributed by atoms with Crippen LogP contribution in [0.25, 0.3) is 0 Å². The number of nitrogens with zero attached hydrogens (tertiary/aromatic N) is 1. The summed E-state index contributed by atoms with van der Waals surface area (Å²) in [5, 5.41) is 3.45. The summed E-state index contributed by atoms with van der Waals surface area (Å²) in [6, 6.07) is 10.1. The van der Waals surface area contributed by atoms with Crippen molar-refractivity contribution in [3.05, 3.63) is 30.3 Å². The van der Waals surface area contributed by atoms with E-state index in [9.17, 15) is 4.79 Å². The number of rotatable bonds is 1. The maximum atomic E-state index is 12.4. The maximum absolute atomic E-state index is 12.4. The molecule has 18 heavy (non-hydrogen) atoms. The quantitative estimate of drug-likeness (QED) is 0.820. The minimum Gasteiger partial charge on any atom is -0.316 e. The molecule has 1 amide bonds. The fraction of sp³-hybridized carbons (Fsp3) is 0.533. The Bertz CT molecular complexity index is 418. The third-order valence-corrected chi connectivity index (χ3v) is 4.29. The van der Waals surface area contributed by atoms with Gasteiger partial charge in [0.1, 0.15) is 0 Å². The van der Waals surface area contributed by atoms with E-state index in [0.717, 1.165) is 44.6 Å². The monoisotopic (exact) mass is 244 g/mol. The van der Waals surface area contributed by atoms with Gasteiger partial charge in [-0.15, -0.1) is 0 Å². The third kappa shape index (κ3) is 2.27. The first-order valence-electron chi connectivity index (χ1n) is 6.91. The van der Waals surface area contributed by atoms with Crippen molar-refractivity contribution in [3.8, 4) is 0 Å². The van der Waals surface area contributed by atoms with Gasteiger partial charge < -0.3 is 10.2 Å². The van der Waals surface area contributed by atoms with Crippen LogP contribution in [0.15, 0.2) is 30.3 Å². The molecule has 96 valence electrons. The molecule has 0 spiro atoms. The Morgan fingerprint density at radius 3 is 2.78 bits per heavy atom. The Morgan fingerprint density at radius 1 is 1.11 bits per heavy atom. The van der Waals surface area contributed by atoms with E-state index in [4.69, 9.17) is 0 Å². The molecule has 2 aliphatic rings. The molecule has 3 heteroatoms. The summed E-state index contributed by atoms with van der Waals surface area (Å²) in [6.07, 6.45) is 3.00. The van der Waals surface area contributed by atoms with Gasteiger partial charge in [-0.3, -0.25) is 4.79 Å². The average Bonchev–Trinajstić information content (AvgIpc) is 2.58. The summed E-state index contributed by atoms with van der Waals surface area (Å²) in [6.45, 7) is 3.02. The Labute approximate surface area is 108 Å². The molecule has 1 N–H and O–H groups in total. The van der Waals surface area contributed by atoms with Gasteiger partial charge in [0.05, 0.1) is 0 Å². The highest BCUT2D eigenvalue weighted by Gasteiger charge is 2.32. The highest BCUT2D eigenvalue weighted by Crippen LogP contribution is 2.31. The number of hydrogen-bond acceptors (Lipinski definition) is 2. The normalized spacial score (nSPS) is 28.7. The molecular formula is C15H20N2O. The van der Waals surface area contributed by atoms with Gasteiger partial charge in [-0.2, -0.15) is 0 Å². The second-order valence-corrected chi connectivity index (χ2v) is 5.39. The van der Waals surface area contributed by atoms with Gasteiger partial charge in [-0.25, -0.2) is 0 Å². The molecule has 2 unspecified atom stereocenters. The zero-order valence-corrected chi connectivity index (χ0v) is 10.6. The molecule has 3 rings (SSSR count). The van der Waals surface area contributed by atoms with Crippen molar-refractivity contribution >= 4 is 11.6 Å². The molecule has 2 fully saturated rings. The molecule has 3 nitrogen and oxygen atoms in total. The zero-order valence-electron chi connectivity index (χ0n) is 10.6. The Balaban J connectivity index is 1.79. The van der Waals surface area contributed by atoms with Crippen LogP contribution in [-0.4, -0.2) is 25.5 Å². The van der Waals surface area contributed by atoms with E-state index in [1.54, 1.807) is 0 Å². The number of hydrogen-bond donors (Lipinski definition) is 1. The SMILES string of the molecule is O=C1CC2CCNCC2CCN1c1ccccc1. The van der Waals surface area contributed by atoms with E-state index >= 15 is 0 Å². The highest BCUT2D eigenvalue weighted by atomic mass is 16.2. The molecule has 0 aromatic heterocycles. The Kier molecular flexibility index (Phi) is 3.33. The lowest BCUT2D eigenvalue weighted by Crippen LogP contribution is -2.36. The van der Waals surface area contributed by atoms with Crippen molar-refractivity contribution in [1.29, 1.82) is 0 Å². The number of anilines is 1. The van der Waals surface area contributed by atoms with Crippen LogP contribution < -0.4 is 10.2 Å². The van der Waals surface area contributed by atoms with Gasteiger partial charge in [0.2, 0.25) is 5.91 Å². The summed E-state index contributed by atoms with van der Waals surface area (Å²) in [5.74, 6) is 1.57. The second kappa shape index (κ2) is 5.11. The number of carbonyl (C=O) groups is 1. The summed E-state index contributed by atoms with van der Waals surface area (Å²) in [7, 11) is 0. The fourth-order valence-corrected chi connectivity index (χ4v) is 3.22. The van der Waals surface area contributed by atoms with Crippen molar-refractivity contribution in [1.82, 2.24) is 5.32 Å². The molecule has 0 aliphatic carbocycles. The molecule has 0 saturated carbocycles. The number of fused-ring (bicyclic) bond motifs is 1. The lowest BCUT2D eigenvalue weighted by Gasteiger charge is -2.29. The fourth-order valence-electron chi connectivity index (χ4n) is 3.22. The van der Waals surface area contributed by atoms with Gasteiger partial charge in [0.25, 0.3) is 0 Å². The lowest BCUT2D eigenvalue weighted by molar-refractivity contribution is -0.119. The molecule has 1 aromatic carbocycles. The van der Waals surface area contributed by atoms with E-state index in [-0.39, 0.29) is 0 Å². The van der Waals surface area contributed by atoms with Crippen molar-refractivity contribution in [2.45, 2.75) is 19.3 Å². The summed E-state index contributed by atoms with van der Waals surface area (Å²) >= 11 is 0. The molecule has 0 radical (unpaired) electrons. The first kappa shape index (κ1) is 11.7. The van der Waals surface area contributed by atoms with Gasteiger partial charge >= 0.3 is 0 Å². The highest BCUT2D eigenvalue weighted by molar-refractivity contribution is 5.93. The van der Waals surface area contributed by atoms with Crippen LogP contribution in [0.1, 0.15) is 19.3 Å². The molecule has 2 heterocycles. The zero-order chi connectivity index (χ0) is 12.4. The minimum absolute atomic E-state index is 0.301. The van der Waals surface area contributed by atoms with E-state index in [0.29, 0.717) is 17.7 Å². The predicted octanol–water partition coefficient (Wildman–Crippen LogP) is 2.04. The number of carbonyl (C=O) groups excluding carboxylic acids is 1. The Hall–Kier alpha value is -1.35. The van der Waals surface area contributed by atoms with Gasteiger partial charge in [-0.05, 0) is 49.9 Å². The van der Waals surface area contributed by atoms with Crippen molar-refractivity contribution in [3.63, 3.8) is 0 Å². The topological polar surface area (TPSA) is 32.3 Å². The van der Waals surface area contributed by atoms with E-state index in [1.165, 1.54) is 0 Å². The number of para-hydroxylation sites is 1.